The van der Waals surface area contributed by atoms with Crippen LogP contribution in [0.25, 0.3) is 0 Å². The van der Waals surface area contributed by atoms with Crippen LogP contribution in [0.1, 0.15) is 15.9 Å². The van der Waals surface area contributed by atoms with Gasteiger partial charge in [0, 0.05) is 5.56 Å². The molecule has 3 aromatic rings. The molecule has 5 nitrogen and oxygen atoms in total. The van der Waals surface area contributed by atoms with Crippen LogP contribution in [0.4, 0.5) is 11.4 Å². The predicted molar refractivity (Wildman–Crippen MR) is 101 cm³/mol. The van der Waals surface area contributed by atoms with Gasteiger partial charge in [-0.25, -0.2) is 8.42 Å². The number of anilines is 2. The molecule has 2 N–H and O–H groups in total. The maximum atomic E-state index is 12.5. The molecule has 0 aliphatic carbocycles. The molecule has 0 aliphatic heterocycles. The molecule has 0 radical (unpaired) electrons. The van der Waals surface area contributed by atoms with Gasteiger partial charge in [-0.2, -0.15) is 0 Å². The summed E-state index contributed by atoms with van der Waals surface area (Å²) in [5.74, 6) is -0.291. The van der Waals surface area contributed by atoms with E-state index in [-0.39, 0.29) is 10.1 Å². The monoisotopic (exact) mass is 372 g/mol. The van der Waals surface area contributed by atoms with E-state index in [4.69, 9.17) is 0 Å². The van der Waals surface area contributed by atoms with Crippen molar-refractivity contribution in [3.8, 4) is 0 Å². The Bertz CT molecular complexity index is 997. The van der Waals surface area contributed by atoms with Crippen LogP contribution in [-0.2, 0) is 10.0 Å². The van der Waals surface area contributed by atoms with Gasteiger partial charge in [-0.3, -0.25) is 9.52 Å². The molecular formula is C18H16N2O3S2. The molecule has 128 valence electrons. The van der Waals surface area contributed by atoms with Crippen LogP contribution in [0.5, 0.6) is 0 Å². The van der Waals surface area contributed by atoms with Crippen LogP contribution in [0, 0.1) is 6.92 Å². The zero-order valence-corrected chi connectivity index (χ0v) is 15.0. The number of benzene rings is 2. The first-order valence-corrected chi connectivity index (χ1v) is 9.86. The zero-order valence-electron chi connectivity index (χ0n) is 13.4. The highest BCUT2D eigenvalue weighted by molar-refractivity contribution is 7.94. The van der Waals surface area contributed by atoms with Crippen LogP contribution < -0.4 is 10.0 Å². The van der Waals surface area contributed by atoms with E-state index in [2.05, 4.69) is 10.0 Å². The first-order chi connectivity index (χ1) is 12.0. The number of amides is 1. The van der Waals surface area contributed by atoms with E-state index in [0.29, 0.717) is 16.9 Å². The van der Waals surface area contributed by atoms with Crippen molar-refractivity contribution in [3.05, 3.63) is 77.2 Å². The van der Waals surface area contributed by atoms with E-state index in [0.717, 1.165) is 16.9 Å². The summed E-state index contributed by atoms with van der Waals surface area (Å²) in [5, 5.41) is 4.47. The normalized spacial score (nSPS) is 11.1. The Morgan fingerprint density at radius 1 is 0.920 bits per heavy atom. The summed E-state index contributed by atoms with van der Waals surface area (Å²) in [6, 6.07) is 17.1. The molecule has 0 aliphatic rings. The van der Waals surface area contributed by atoms with Gasteiger partial charge < -0.3 is 5.32 Å². The number of hydrogen-bond donors (Lipinski definition) is 2. The Labute approximate surface area is 150 Å². The minimum Gasteiger partial charge on any atom is -0.320 e. The van der Waals surface area contributed by atoms with Crippen molar-refractivity contribution in [1.29, 1.82) is 0 Å². The largest absolute Gasteiger partial charge is 0.320 e. The van der Waals surface area contributed by atoms with Crippen molar-refractivity contribution in [3.63, 3.8) is 0 Å². The Balaban J connectivity index is 1.87. The molecule has 0 bridgehead atoms. The van der Waals surface area contributed by atoms with Gasteiger partial charge in [0.1, 0.15) is 4.21 Å². The third-order valence-corrected chi connectivity index (χ3v) is 6.33. The molecule has 25 heavy (non-hydrogen) atoms. The Morgan fingerprint density at radius 3 is 2.28 bits per heavy atom. The van der Waals surface area contributed by atoms with Gasteiger partial charge in [-0.1, -0.05) is 36.4 Å². The van der Waals surface area contributed by atoms with E-state index in [1.165, 1.54) is 6.07 Å². The minimum absolute atomic E-state index is 0.215. The summed E-state index contributed by atoms with van der Waals surface area (Å²) in [4.78, 5) is 12.5. The highest BCUT2D eigenvalue weighted by atomic mass is 32.2. The third-order valence-electron chi connectivity index (χ3n) is 3.57. The van der Waals surface area contributed by atoms with Crippen LogP contribution in [0.3, 0.4) is 0 Å². The van der Waals surface area contributed by atoms with E-state index >= 15 is 0 Å². The van der Waals surface area contributed by atoms with Crippen LogP contribution in [-0.4, -0.2) is 14.3 Å². The number of nitrogens with one attached hydrogen (secondary N) is 2. The molecule has 2 aromatic carbocycles. The first kappa shape index (κ1) is 17.2. The second kappa shape index (κ2) is 7.08. The van der Waals surface area contributed by atoms with Gasteiger partial charge in [0.25, 0.3) is 15.9 Å². The summed E-state index contributed by atoms with van der Waals surface area (Å²) in [7, 11) is -3.68. The highest BCUT2D eigenvalue weighted by Gasteiger charge is 2.18. The summed E-state index contributed by atoms with van der Waals surface area (Å²) >= 11 is 1.13. The lowest BCUT2D eigenvalue weighted by atomic mass is 10.1. The summed E-state index contributed by atoms with van der Waals surface area (Å²) in [5.41, 5.74) is 2.10. The SMILES string of the molecule is Cc1ccccc1C(=O)Nc1ccccc1NS(=O)(=O)c1cccs1. The number of sulfonamides is 1. The maximum Gasteiger partial charge on any atom is 0.271 e. The van der Waals surface area contributed by atoms with Crippen molar-refractivity contribution in [2.45, 2.75) is 11.1 Å². The fourth-order valence-corrected chi connectivity index (χ4v) is 4.38. The van der Waals surface area contributed by atoms with E-state index in [1.54, 1.807) is 47.8 Å². The van der Waals surface area contributed by atoms with Gasteiger partial charge in [0.15, 0.2) is 0 Å². The Kier molecular flexibility index (Phi) is 4.87. The molecule has 0 spiro atoms. The van der Waals surface area contributed by atoms with Crippen molar-refractivity contribution in [1.82, 2.24) is 0 Å². The molecule has 0 atom stereocenters. The van der Waals surface area contributed by atoms with Crippen LogP contribution in [0.2, 0.25) is 0 Å². The highest BCUT2D eigenvalue weighted by Crippen LogP contribution is 2.26. The molecule has 0 unspecified atom stereocenters. The van der Waals surface area contributed by atoms with Crippen molar-refractivity contribution in [2.24, 2.45) is 0 Å². The number of hydrogen-bond acceptors (Lipinski definition) is 4. The average molecular weight is 372 g/mol. The Hall–Kier alpha value is -2.64. The zero-order chi connectivity index (χ0) is 17.9. The molecule has 3 rings (SSSR count). The van der Waals surface area contributed by atoms with E-state index in [1.807, 2.05) is 19.1 Å². The molecule has 0 saturated heterocycles. The van der Waals surface area contributed by atoms with Crippen molar-refractivity contribution < 1.29 is 13.2 Å². The maximum absolute atomic E-state index is 12.5. The van der Waals surface area contributed by atoms with Gasteiger partial charge >= 0.3 is 0 Å². The molecule has 1 amide bonds. The number of aryl methyl sites for hydroxylation is 1. The predicted octanol–water partition coefficient (Wildman–Crippen LogP) is 4.11. The van der Waals surface area contributed by atoms with Gasteiger partial charge in [0.2, 0.25) is 0 Å². The Morgan fingerprint density at radius 2 is 1.60 bits per heavy atom. The van der Waals surface area contributed by atoms with E-state index < -0.39 is 10.0 Å². The molecule has 7 heteroatoms. The van der Waals surface area contributed by atoms with Crippen molar-refractivity contribution in [2.75, 3.05) is 10.0 Å². The summed E-state index contributed by atoms with van der Waals surface area (Å²) in [6.45, 7) is 1.85. The molecule has 0 fully saturated rings. The lowest BCUT2D eigenvalue weighted by Gasteiger charge is -2.13. The first-order valence-electron chi connectivity index (χ1n) is 7.50. The quantitative estimate of drug-likeness (QED) is 0.708. The molecule has 1 aromatic heterocycles. The van der Waals surface area contributed by atoms with Crippen molar-refractivity contribution >= 4 is 38.6 Å². The summed E-state index contributed by atoms with van der Waals surface area (Å²) in [6.07, 6.45) is 0. The fourth-order valence-electron chi connectivity index (χ4n) is 2.31. The second-order valence-corrected chi connectivity index (χ2v) is 8.21. The van der Waals surface area contributed by atoms with E-state index in [9.17, 15) is 13.2 Å². The van der Waals surface area contributed by atoms with Crippen LogP contribution in [0.15, 0.2) is 70.3 Å². The number of carbonyl (C=O) groups excluding carboxylic acids is 1. The number of carbonyl (C=O) groups is 1. The van der Waals surface area contributed by atoms with Gasteiger partial charge in [-0.05, 0) is 42.1 Å². The van der Waals surface area contributed by atoms with Crippen LogP contribution >= 0.6 is 11.3 Å². The van der Waals surface area contributed by atoms with Gasteiger partial charge in [-0.15, -0.1) is 11.3 Å². The average Bonchev–Trinajstić information content (AvgIpc) is 3.12. The standard InChI is InChI=1S/C18H16N2O3S2/c1-13-7-2-3-8-14(13)18(21)19-15-9-4-5-10-16(15)20-25(22,23)17-11-6-12-24-17/h2-12,20H,1H3,(H,19,21). The number of thiophene rings is 1. The van der Waals surface area contributed by atoms with Gasteiger partial charge in [0.05, 0.1) is 11.4 Å². The second-order valence-electron chi connectivity index (χ2n) is 5.35. The third kappa shape index (κ3) is 3.89. The lowest BCUT2D eigenvalue weighted by Crippen LogP contribution is -2.17. The fraction of sp³-hybridized carbons (Fsp3) is 0.0556. The minimum atomic E-state index is -3.68. The number of rotatable bonds is 5. The molecule has 0 saturated carbocycles. The smallest absolute Gasteiger partial charge is 0.271 e. The molecular weight excluding hydrogens is 356 g/mol. The summed E-state index contributed by atoms with van der Waals surface area (Å²) < 4.78 is 27.6. The molecule has 1 heterocycles. The lowest BCUT2D eigenvalue weighted by molar-refractivity contribution is 0.102. The topological polar surface area (TPSA) is 75.3 Å². The number of para-hydroxylation sites is 2.